The van der Waals surface area contributed by atoms with Gasteiger partial charge < -0.3 is 5.32 Å². The van der Waals surface area contributed by atoms with Crippen molar-refractivity contribution in [3.63, 3.8) is 0 Å². The van der Waals surface area contributed by atoms with Gasteiger partial charge in [-0.05, 0) is 19.0 Å². The van der Waals surface area contributed by atoms with E-state index in [0.717, 1.165) is 26.1 Å². The van der Waals surface area contributed by atoms with Gasteiger partial charge in [0, 0.05) is 19.3 Å². The molecule has 4 heteroatoms. The summed E-state index contributed by atoms with van der Waals surface area (Å²) in [7, 11) is 0. The molecule has 1 N–H and O–H groups in total. The first-order chi connectivity index (χ1) is 5.88. The van der Waals surface area contributed by atoms with Crippen molar-refractivity contribution in [1.82, 2.24) is 15.1 Å². The molecule has 0 saturated heterocycles. The van der Waals surface area contributed by atoms with Crippen LogP contribution in [0, 0.1) is 0 Å². The largest absolute Gasteiger partial charge is 0.311 e. The van der Waals surface area contributed by atoms with Crippen LogP contribution >= 0.6 is 12.4 Å². The number of hydrogen-bond acceptors (Lipinski definition) is 2. The zero-order valence-electron chi connectivity index (χ0n) is 8.29. The first-order valence-corrected chi connectivity index (χ1v) is 4.59. The van der Waals surface area contributed by atoms with Gasteiger partial charge in [0.1, 0.15) is 0 Å². The van der Waals surface area contributed by atoms with Crippen molar-refractivity contribution in [2.45, 2.75) is 33.4 Å². The third-order valence-corrected chi connectivity index (χ3v) is 1.80. The van der Waals surface area contributed by atoms with E-state index < -0.39 is 0 Å². The minimum absolute atomic E-state index is 0. The molecule has 1 aromatic heterocycles. The fraction of sp³-hybridized carbons (Fsp3) is 0.667. The highest BCUT2D eigenvalue weighted by molar-refractivity contribution is 5.85. The van der Waals surface area contributed by atoms with Crippen molar-refractivity contribution in [3.05, 3.63) is 18.0 Å². The number of halogens is 1. The molecule has 0 spiro atoms. The third kappa shape index (κ3) is 3.79. The maximum Gasteiger partial charge on any atom is 0.0522 e. The van der Waals surface area contributed by atoms with Gasteiger partial charge >= 0.3 is 0 Å². The highest BCUT2D eigenvalue weighted by atomic mass is 35.5. The highest BCUT2D eigenvalue weighted by Gasteiger charge is 1.98. The fourth-order valence-electron chi connectivity index (χ4n) is 1.18. The van der Waals surface area contributed by atoms with Crippen LogP contribution in [-0.2, 0) is 13.1 Å². The van der Waals surface area contributed by atoms with E-state index in [-0.39, 0.29) is 12.4 Å². The average molecular weight is 204 g/mol. The van der Waals surface area contributed by atoms with E-state index in [1.165, 1.54) is 5.69 Å². The Morgan fingerprint density at radius 3 is 2.85 bits per heavy atom. The molecule has 1 heterocycles. The lowest BCUT2D eigenvalue weighted by atomic mass is 10.4. The summed E-state index contributed by atoms with van der Waals surface area (Å²) in [6, 6.07) is 2.07. The molecule has 0 radical (unpaired) electrons. The maximum atomic E-state index is 4.24. The number of nitrogens with one attached hydrogen (secondary N) is 1. The molecule has 1 rings (SSSR count). The van der Waals surface area contributed by atoms with E-state index in [0.29, 0.717) is 0 Å². The van der Waals surface area contributed by atoms with Crippen molar-refractivity contribution in [2.75, 3.05) is 6.54 Å². The van der Waals surface area contributed by atoms with E-state index in [1.807, 2.05) is 6.20 Å². The summed E-state index contributed by atoms with van der Waals surface area (Å²) in [6.45, 7) is 7.24. The van der Waals surface area contributed by atoms with Gasteiger partial charge in [-0.2, -0.15) is 5.10 Å². The summed E-state index contributed by atoms with van der Waals surface area (Å²) >= 11 is 0. The third-order valence-electron chi connectivity index (χ3n) is 1.80. The summed E-state index contributed by atoms with van der Waals surface area (Å²) in [5, 5.41) is 7.52. The molecule has 0 aliphatic rings. The lowest BCUT2D eigenvalue weighted by Gasteiger charge is -2.05. The Balaban J connectivity index is 0.00000144. The van der Waals surface area contributed by atoms with E-state index in [2.05, 4.69) is 35.0 Å². The van der Waals surface area contributed by atoms with Crippen molar-refractivity contribution < 1.29 is 0 Å². The summed E-state index contributed by atoms with van der Waals surface area (Å²) in [6.07, 6.45) is 3.00. The molecule has 0 aliphatic heterocycles. The lowest BCUT2D eigenvalue weighted by molar-refractivity contribution is 0.554. The second kappa shape index (κ2) is 6.92. The first kappa shape index (κ1) is 12.5. The summed E-state index contributed by atoms with van der Waals surface area (Å²) in [4.78, 5) is 0. The molecule has 0 atom stereocenters. The lowest BCUT2D eigenvalue weighted by Crippen LogP contribution is -2.16. The Morgan fingerprint density at radius 2 is 2.23 bits per heavy atom. The van der Waals surface area contributed by atoms with Gasteiger partial charge in [0.05, 0.1) is 5.69 Å². The second-order valence-electron chi connectivity index (χ2n) is 2.83. The molecule has 0 aromatic carbocycles. The number of nitrogens with zero attached hydrogens (tertiary/aromatic N) is 2. The van der Waals surface area contributed by atoms with Crippen LogP contribution in [0.25, 0.3) is 0 Å². The number of aryl methyl sites for hydroxylation is 1. The Kier molecular flexibility index (Phi) is 6.63. The Hall–Kier alpha value is -0.540. The summed E-state index contributed by atoms with van der Waals surface area (Å²) in [5.41, 5.74) is 1.28. The molecule has 76 valence electrons. The topological polar surface area (TPSA) is 29.9 Å². The van der Waals surface area contributed by atoms with Crippen LogP contribution in [0.5, 0.6) is 0 Å². The number of aromatic nitrogens is 2. The Morgan fingerprint density at radius 1 is 1.46 bits per heavy atom. The van der Waals surface area contributed by atoms with E-state index in [4.69, 9.17) is 0 Å². The molecule has 1 aromatic rings. The van der Waals surface area contributed by atoms with Gasteiger partial charge in [-0.1, -0.05) is 13.8 Å². The quantitative estimate of drug-likeness (QED) is 0.792. The van der Waals surface area contributed by atoms with Crippen LogP contribution in [0.1, 0.15) is 26.0 Å². The molecular weight excluding hydrogens is 186 g/mol. The molecular formula is C9H18ClN3. The van der Waals surface area contributed by atoms with Crippen LogP contribution in [-0.4, -0.2) is 16.3 Å². The molecule has 0 unspecified atom stereocenters. The van der Waals surface area contributed by atoms with Crippen molar-refractivity contribution >= 4 is 12.4 Å². The predicted octanol–water partition coefficient (Wildman–Crippen LogP) is 1.82. The van der Waals surface area contributed by atoms with Crippen LogP contribution in [0.15, 0.2) is 12.3 Å². The predicted molar refractivity (Wildman–Crippen MR) is 57.1 cm³/mol. The summed E-state index contributed by atoms with van der Waals surface area (Å²) < 4.78 is 2.06. The van der Waals surface area contributed by atoms with Crippen LogP contribution in [0.2, 0.25) is 0 Å². The molecule has 13 heavy (non-hydrogen) atoms. The van der Waals surface area contributed by atoms with Crippen molar-refractivity contribution in [1.29, 1.82) is 0 Å². The van der Waals surface area contributed by atoms with E-state index in [9.17, 15) is 0 Å². The number of rotatable bonds is 5. The van der Waals surface area contributed by atoms with Crippen LogP contribution in [0.4, 0.5) is 0 Å². The van der Waals surface area contributed by atoms with Gasteiger partial charge in [-0.25, -0.2) is 0 Å². The second-order valence-corrected chi connectivity index (χ2v) is 2.83. The number of hydrogen-bond donors (Lipinski definition) is 1. The molecule has 0 bridgehead atoms. The van der Waals surface area contributed by atoms with Gasteiger partial charge in [-0.3, -0.25) is 4.68 Å². The van der Waals surface area contributed by atoms with Crippen LogP contribution < -0.4 is 5.32 Å². The molecule has 3 nitrogen and oxygen atoms in total. The summed E-state index contributed by atoms with van der Waals surface area (Å²) in [5.74, 6) is 0. The Bertz CT molecular complexity index is 222. The van der Waals surface area contributed by atoms with Gasteiger partial charge in [0.25, 0.3) is 0 Å². The normalized spacial score (nSPS) is 9.69. The first-order valence-electron chi connectivity index (χ1n) is 4.59. The van der Waals surface area contributed by atoms with E-state index in [1.54, 1.807) is 0 Å². The highest BCUT2D eigenvalue weighted by Crippen LogP contribution is 1.99. The van der Waals surface area contributed by atoms with Crippen molar-refractivity contribution in [2.24, 2.45) is 0 Å². The van der Waals surface area contributed by atoms with E-state index >= 15 is 0 Å². The van der Waals surface area contributed by atoms with Crippen LogP contribution in [0.3, 0.4) is 0 Å². The standard InChI is InChI=1S/C9H17N3.ClH/c1-3-7-12-9(5-6-11-12)8-10-4-2;/h5-6,10H,3-4,7-8H2,1-2H3;1H. The average Bonchev–Trinajstić information content (AvgIpc) is 2.50. The monoisotopic (exact) mass is 203 g/mol. The minimum atomic E-state index is 0. The minimum Gasteiger partial charge on any atom is -0.311 e. The van der Waals surface area contributed by atoms with Gasteiger partial charge in [0.2, 0.25) is 0 Å². The van der Waals surface area contributed by atoms with Crippen molar-refractivity contribution in [3.8, 4) is 0 Å². The van der Waals surface area contributed by atoms with Gasteiger partial charge in [0.15, 0.2) is 0 Å². The van der Waals surface area contributed by atoms with Gasteiger partial charge in [-0.15, -0.1) is 12.4 Å². The SMILES string of the molecule is CCCn1nccc1CNCC.Cl. The molecule has 0 aliphatic carbocycles. The zero-order valence-corrected chi connectivity index (χ0v) is 9.10. The Labute approximate surface area is 85.9 Å². The molecule has 0 amide bonds. The molecule has 0 saturated carbocycles. The zero-order chi connectivity index (χ0) is 8.81. The fourth-order valence-corrected chi connectivity index (χ4v) is 1.18. The molecule has 0 fully saturated rings. The maximum absolute atomic E-state index is 4.24. The smallest absolute Gasteiger partial charge is 0.0522 e.